The van der Waals surface area contributed by atoms with Gasteiger partial charge in [-0.1, -0.05) is 60.5 Å². The first-order chi connectivity index (χ1) is 18.7. The fourth-order valence-corrected chi connectivity index (χ4v) is 10.6. The van der Waals surface area contributed by atoms with Gasteiger partial charge in [0, 0.05) is 17.9 Å². The SMILES string of the molecule is CCC(CC(=O)O[C@H]1C[C@@H]2[C@@]3(C)CCC[C@](C)(CC)[C@@H]3CC[C@@]2(C)[C@@H]2CC=C(C(C)=O)[C@H](C=O)[C@@]12C)OC(C)=O. The molecule has 0 radical (unpaired) electrons. The Kier molecular flexibility index (Phi) is 8.53. The molecule has 3 saturated carbocycles. The van der Waals surface area contributed by atoms with Crippen molar-refractivity contribution < 1.29 is 28.7 Å². The van der Waals surface area contributed by atoms with Crippen LogP contribution < -0.4 is 0 Å². The van der Waals surface area contributed by atoms with Crippen LogP contribution in [-0.2, 0) is 28.7 Å². The molecule has 0 amide bonds. The minimum atomic E-state index is -0.687. The Labute approximate surface area is 241 Å². The van der Waals surface area contributed by atoms with Crippen molar-refractivity contribution in [1.29, 1.82) is 0 Å². The Bertz CT molecular complexity index is 1060. The van der Waals surface area contributed by atoms with Gasteiger partial charge in [0.2, 0.25) is 0 Å². The average molecular weight is 557 g/mol. The summed E-state index contributed by atoms with van der Waals surface area (Å²) >= 11 is 0. The van der Waals surface area contributed by atoms with E-state index in [1.807, 2.05) is 13.0 Å². The topological polar surface area (TPSA) is 86.7 Å². The van der Waals surface area contributed by atoms with Crippen LogP contribution >= 0.6 is 0 Å². The van der Waals surface area contributed by atoms with E-state index in [9.17, 15) is 19.2 Å². The quantitative estimate of drug-likeness (QED) is 0.236. The maximum atomic E-state index is 13.5. The summed E-state index contributed by atoms with van der Waals surface area (Å²) in [6, 6.07) is 0. The lowest BCUT2D eigenvalue weighted by atomic mass is 9.34. The molecule has 40 heavy (non-hydrogen) atoms. The number of carbonyl (C=O) groups is 4. The molecular formula is C34H52O6. The van der Waals surface area contributed by atoms with Crippen molar-refractivity contribution in [2.45, 2.75) is 132 Å². The molecule has 0 spiro atoms. The molecule has 6 nitrogen and oxygen atoms in total. The molecule has 0 aromatic heterocycles. The van der Waals surface area contributed by atoms with Gasteiger partial charge in [-0.2, -0.15) is 0 Å². The standard InChI is InChI=1S/C34H52O6/c1-9-23(39-22(4)37)18-30(38)40-29-19-28-32(6)16-11-15-31(5,10-2)26(32)14-17-33(28,7)27-13-12-24(21(3)36)25(20-35)34(27,29)8/h12,20,23,25-29H,9-11,13-19H2,1-8H3/t23?,25-,26-,27-,28+,29-,31-,32-,33-,34+/m0/s1. The third-order valence-corrected chi connectivity index (χ3v) is 12.7. The summed E-state index contributed by atoms with van der Waals surface area (Å²) in [5.74, 6) is -0.454. The van der Waals surface area contributed by atoms with Crippen LogP contribution in [0.15, 0.2) is 11.6 Å². The zero-order valence-corrected chi connectivity index (χ0v) is 26.1. The molecule has 0 N–H and O–H groups in total. The second-order valence-electron chi connectivity index (χ2n) is 14.6. The molecule has 0 aliphatic heterocycles. The summed E-state index contributed by atoms with van der Waals surface area (Å²) in [6.45, 7) is 16.6. The van der Waals surface area contributed by atoms with Gasteiger partial charge in [-0.25, -0.2) is 0 Å². The minimum Gasteiger partial charge on any atom is -0.462 e. The van der Waals surface area contributed by atoms with Crippen molar-refractivity contribution in [3.8, 4) is 0 Å². The van der Waals surface area contributed by atoms with E-state index >= 15 is 0 Å². The number of carbonyl (C=O) groups excluding carboxylic acids is 4. The summed E-state index contributed by atoms with van der Waals surface area (Å²) in [6.07, 6.45) is 10.9. The predicted octanol–water partition coefficient (Wildman–Crippen LogP) is 7.03. The molecule has 4 aliphatic carbocycles. The molecule has 0 heterocycles. The van der Waals surface area contributed by atoms with Crippen LogP contribution in [0.2, 0.25) is 0 Å². The number of fused-ring (bicyclic) bond motifs is 5. The lowest BCUT2D eigenvalue weighted by Crippen LogP contribution is -2.67. The van der Waals surface area contributed by atoms with Gasteiger partial charge >= 0.3 is 11.9 Å². The summed E-state index contributed by atoms with van der Waals surface area (Å²) in [4.78, 5) is 50.6. The lowest BCUT2D eigenvalue weighted by Gasteiger charge is -2.70. The van der Waals surface area contributed by atoms with E-state index in [0.29, 0.717) is 42.1 Å². The molecule has 10 atom stereocenters. The van der Waals surface area contributed by atoms with Crippen LogP contribution in [0, 0.1) is 45.3 Å². The van der Waals surface area contributed by atoms with E-state index in [1.165, 1.54) is 46.0 Å². The van der Waals surface area contributed by atoms with Crippen LogP contribution in [0.25, 0.3) is 0 Å². The normalized spacial score (nSPS) is 43.2. The van der Waals surface area contributed by atoms with Gasteiger partial charge in [0.1, 0.15) is 18.5 Å². The molecule has 0 aromatic rings. The van der Waals surface area contributed by atoms with Crippen molar-refractivity contribution in [2.24, 2.45) is 45.3 Å². The van der Waals surface area contributed by atoms with Gasteiger partial charge in [-0.05, 0) is 85.9 Å². The van der Waals surface area contributed by atoms with Gasteiger partial charge in [0.15, 0.2) is 5.78 Å². The zero-order chi connectivity index (χ0) is 29.7. The first-order valence-corrected chi connectivity index (χ1v) is 15.7. The summed E-state index contributed by atoms with van der Waals surface area (Å²) in [7, 11) is 0. The molecular weight excluding hydrogens is 504 g/mol. The van der Waals surface area contributed by atoms with Crippen molar-refractivity contribution in [3.05, 3.63) is 11.6 Å². The van der Waals surface area contributed by atoms with E-state index in [2.05, 4.69) is 34.6 Å². The molecule has 0 saturated heterocycles. The van der Waals surface area contributed by atoms with Crippen LogP contribution in [-0.4, -0.2) is 36.2 Å². The fraction of sp³-hybridized carbons (Fsp3) is 0.824. The number of hydrogen-bond donors (Lipinski definition) is 0. The molecule has 4 rings (SSSR count). The Balaban J connectivity index is 1.78. The lowest BCUT2D eigenvalue weighted by molar-refractivity contribution is -0.240. The third kappa shape index (κ3) is 4.79. The van der Waals surface area contributed by atoms with E-state index in [0.717, 1.165) is 12.7 Å². The van der Waals surface area contributed by atoms with Crippen molar-refractivity contribution >= 4 is 24.0 Å². The number of allylic oxidation sites excluding steroid dienone is 2. The zero-order valence-electron chi connectivity index (χ0n) is 26.1. The molecule has 1 unspecified atom stereocenters. The van der Waals surface area contributed by atoms with Gasteiger partial charge in [0.05, 0.1) is 12.3 Å². The molecule has 4 aliphatic rings. The highest BCUT2D eigenvalue weighted by Gasteiger charge is 2.69. The first kappa shape index (κ1) is 31.0. The van der Waals surface area contributed by atoms with Gasteiger partial charge < -0.3 is 14.3 Å². The van der Waals surface area contributed by atoms with Crippen LogP contribution in [0.4, 0.5) is 0 Å². The largest absolute Gasteiger partial charge is 0.462 e. The first-order valence-electron chi connectivity index (χ1n) is 15.7. The number of Topliss-reactive ketones (excluding diaryl/α,β-unsaturated/α-hetero) is 1. The fourth-order valence-electron chi connectivity index (χ4n) is 10.6. The summed E-state index contributed by atoms with van der Waals surface area (Å²) in [5.41, 5.74) is 0.262. The summed E-state index contributed by atoms with van der Waals surface area (Å²) in [5, 5.41) is 0. The number of ketones is 1. The highest BCUT2D eigenvalue weighted by Crippen LogP contribution is 2.73. The number of ether oxygens (including phenoxy) is 2. The molecule has 224 valence electrons. The van der Waals surface area contributed by atoms with Gasteiger partial charge in [-0.15, -0.1) is 0 Å². The predicted molar refractivity (Wildman–Crippen MR) is 154 cm³/mol. The second-order valence-corrected chi connectivity index (χ2v) is 14.6. The van der Waals surface area contributed by atoms with E-state index in [1.54, 1.807) is 0 Å². The van der Waals surface area contributed by atoms with Crippen LogP contribution in [0.5, 0.6) is 0 Å². The van der Waals surface area contributed by atoms with Crippen molar-refractivity contribution in [3.63, 3.8) is 0 Å². The van der Waals surface area contributed by atoms with Crippen molar-refractivity contribution in [1.82, 2.24) is 0 Å². The van der Waals surface area contributed by atoms with E-state index in [-0.39, 0.29) is 29.0 Å². The van der Waals surface area contributed by atoms with Gasteiger partial charge in [-0.3, -0.25) is 14.4 Å². The van der Waals surface area contributed by atoms with Crippen LogP contribution in [0.1, 0.15) is 120 Å². The number of esters is 2. The number of hydrogen-bond acceptors (Lipinski definition) is 6. The molecule has 0 bridgehead atoms. The van der Waals surface area contributed by atoms with Crippen molar-refractivity contribution in [2.75, 3.05) is 0 Å². The molecule has 3 fully saturated rings. The smallest absolute Gasteiger partial charge is 0.309 e. The third-order valence-electron chi connectivity index (χ3n) is 12.7. The Morgan fingerprint density at radius 2 is 1.68 bits per heavy atom. The van der Waals surface area contributed by atoms with E-state index in [4.69, 9.17) is 9.47 Å². The monoisotopic (exact) mass is 556 g/mol. The Morgan fingerprint density at radius 3 is 2.25 bits per heavy atom. The second kappa shape index (κ2) is 11.0. The molecule has 0 aromatic carbocycles. The van der Waals surface area contributed by atoms with Gasteiger partial charge in [0.25, 0.3) is 0 Å². The number of aldehydes is 1. The molecule has 6 heteroatoms. The van der Waals surface area contributed by atoms with Crippen LogP contribution in [0.3, 0.4) is 0 Å². The van der Waals surface area contributed by atoms with E-state index < -0.39 is 35.5 Å². The Hall–Kier alpha value is -1.98. The maximum absolute atomic E-state index is 13.5. The highest BCUT2D eigenvalue weighted by atomic mass is 16.6. The average Bonchev–Trinajstić information content (AvgIpc) is 2.88. The number of rotatable bonds is 8. The Morgan fingerprint density at radius 1 is 1.00 bits per heavy atom. The highest BCUT2D eigenvalue weighted by molar-refractivity contribution is 5.97. The summed E-state index contributed by atoms with van der Waals surface area (Å²) < 4.78 is 11.8. The maximum Gasteiger partial charge on any atom is 0.309 e. The minimum absolute atomic E-state index is 0.00970.